The molecule has 1 saturated carbocycles. The van der Waals surface area contributed by atoms with Gasteiger partial charge in [0.2, 0.25) is 11.9 Å². The number of carbonyl (C=O) groups excluding carboxylic acids is 2. The zero-order chi connectivity index (χ0) is 27.7. The van der Waals surface area contributed by atoms with Gasteiger partial charge in [0, 0.05) is 38.3 Å². The van der Waals surface area contributed by atoms with Crippen LogP contribution >= 0.6 is 0 Å². The largest absolute Gasteiger partial charge is 0.495 e. The van der Waals surface area contributed by atoms with Gasteiger partial charge in [0.15, 0.2) is 5.82 Å². The molecule has 1 aromatic carbocycles. The van der Waals surface area contributed by atoms with Crippen molar-refractivity contribution in [2.24, 2.45) is 11.3 Å². The number of amides is 2. The first kappa shape index (κ1) is 27.2. The van der Waals surface area contributed by atoms with Crippen molar-refractivity contribution in [2.45, 2.75) is 52.0 Å². The quantitative estimate of drug-likeness (QED) is 0.554. The summed E-state index contributed by atoms with van der Waals surface area (Å²) in [4.78, 5) is 41.8. The predicted molar refractivity (Wildman–Crippen MR) is 153 cm³/mol. The number of ether oxygens (including phenoxy) is 1. The molecule has 210 valence electrons. The normalized spacial score (nSPS) is 21.6. The molecule has 2 aromatic rings. The number of benzene rings is 1. The Morgan fingerprint density at radius 1 is 1.18 bits per heavy atom. The number of anilines is 4. The number of rotatable bonds is 7. The Hall–Kier alpha value is -3.40. The molecule has 2 N–H and O–H groups in total. The summed E-state index contributed by atoms with van der Waals surface area (Å²) in [6.45, 7) is 7.35. The smallest absolute Gasteiger partial charge is 0.251 e. The molecule has 3 aliphatic rings. The number of fused-ring (bicyclic) bond motifs is 1. The molecule has 0 unspecified atom stereocenters. The highest BCUT2D eigenvalue weighted by Gasteiger charge is 2.41. The summed E-state index contributed by atoms with van der Waals surface area (Å²) in [5.74, 6) is 2.15. The van der Waals surface area contributed by atoms with Gasteiger partial charge < -0.3 is 30.1 Å². The van der Waals surface area contributed by atoms with Gasteiger partial charge in [-0.3, -0.25) is 9.59 Å². The van der Waals surface area contributed by atoms with E-state index < -0.39 is 5.41 Å². The molecule has 10 heteroatoms. The van der Waals surface area contributed by atoms with Gasteiger partial charge in [-0.25, -0.2) is 4.98 Å². The number of methoxy groups -OCH3 is 1. The highest BCUT2D eigenvalue weighted by molar-refractivity contribution is 6.01. The summed E-state index contributed by atoms with van der Waals surface area (Å²) in [5, 5.41) is 6.35. The first-order valence-electron chi connectivity index (χ1n) is 14.0. The summed E-state index contributed by atoms with van der Waals surface area (Å²) >= 11 is 0. The van der Waals surface area contributed by atoms with E-state index in [0.717, 1.165) is 43.9 Å². The van der Waals surface area contributed by atoms with Crippen LogP contribution in [0.1, 0.15) is 56.3 Å². The van der Waals surface area contributed by atoms with E-state index in [0.29, 0.717) is 48.0 Å². The SMILES string of the molecule is COc1cc(C(=O)NC[C@H]2CCN(C)C2)ccc1Nc1ncc2c(n1)N(C1CCCC1)CC(C)(C)C(=O)N2C. The summed E-state index contributed by atoms with van der Waals surface area (Å²) in [6.07, 6.45) is 7.38. The van der Waals surface area contributed by atoms with Crippen LogP contribution in [0.5, 0.6) is 5.75 Å². The van der Waals surface area contributed by atoms with Crippen LogP contribution in [-0.2, 0) is 4.79 Å². The Labute approximate surface area is 231 Å². The zero-order valence-electron chi connectivity index (χ0n) is 23.8. The van der Waals surface area contributed by atoms with Gasteiger partial charge in [-0.1, -0.05) is 12.8 Å². The van der Waals surface area contributed by atoms with Gasteiger partial charge >= 0.3 is 0 Å². The fraction of sp³-hybridized carbons (Fsp3) is 0.586. The van der Waals surface area contributed by atoms with E-state index in [2.05, 4.69) is 32.5 Å². The summed E-state index contributed by atoms with van der Waals surface area (Å²) in [6, 6.07) is 5.69. The van der Waals surface area contributed by atoms with Gasteiger partial charge in [0.25, 0.3) is 5.91 Å². The molecule has 1 aromatic heterocycles. The fourth-order valence-electron chi connectivity index (χ4n) is 6.11. The third kappa shape index (κ3) is 5.66. The molecule has 3 heterocycles. The number of carbonyl (C=O) groups is 2. The number of likely N-dealkylation sites (tertiary alicyclic amines) is 1. The van der Waals surface area contributed by atoms with Crippen LogP contribution in [0, 0.1) is 11.3 Å². The molecule has 10 nitrogen and oxygen atoms in total. The van der Waals surface area contributed by atoms with Crippen LogP contribution < -0.4 is 25.2 Å². The van der Waals surface area contributed by atoms with Gasteiger partial charge in [-0.05, 0) is 70.8 Å². The molecule has 2 amide bonds. The minimum absolute atomic E-state index is 0.0593. The van der Waals surface area contributed by atoms with Crippen LogP contribution in [-0.4, -0.2) is 80.1 Å². The van der Waals surface area contributed by atoms with Gasteiger partial charge in [0.1, 0.15) is 11.4 Å². The molecule has 0 spiro atoms. The monoisotopic (exact) mass is 535 g/mol. The van der Waals surface area contributed by atoms with Crippen molar-refractivity contribution in [1.82, 2.24) is 20.2 Å². The predicted octanol–water partition coefficient (Wildman–Crippen LogP) is 3.66. The van der Waals surface area contributed by atoms with Crippen LogP contribution in [0.2, 0.25) is 0 Å². The molecule has 1 aliphatic carbocycles. The Balaban J connectivity index is 1.37. The Kier molecular flexibility index (Phi) is 7.66. The van der Waals surface area contributed by atoms with Gasteiger partial charge in [0.05, 0.1) is 24.4 Å². The molecule has 5 rings (SSSR count). The average Bonchev–Trinajstić information content (AvgIpc) is 3.60. The second kappa shape index (κ2) is 11.0. The van der Waals surface area contributed by atoms with Crippen molar-refractivity contribution in [3.8, 4) is 5.75 Å². The standard InChI is InChI=1S/C29H41N7O3/c1-29(2)18-36(21-8-6-7-9-21)25-23(35(4)27(29)38)16-31-28(33-25)32-22-11-10-20(14-24(22)39-5)26(37)30-15-19-12-13-34(3)17-19/h10-11,14,16,19,21H,6-9,12-13,15,17-18H2,1-5H3,(H,30,37)(H,31,32,33)/t19-/m1/s1. The molecule has 1 atom stereocenters. The number of hydrogen-bond donors (Lipinski definition) is 2. The Bertz CT molecular complexity index is 1230. The van der Waals surface area contributed by atoms with Crippen LogP contribution in [0.15, 0.2) is 24.4 Å². The summed E-state index contributed by atoms with van der Waals surface area (Å²) < 4.78 is 5.63. The molecule has 0 radical (unpaired) electrons. The first-order valence-corrected chi connectivity index (χ1v) is 14.0. The minimum Gasteiger partial charge on any atom is -0.495 e. The Morgan fingerprint density at radius 2 is 1.95 bits per heavy atom. The molecule has 0 bridgehead atoms. The van der Waals surface area contributed by atoms with E-state index in [1.165, 1.54) is 12.8 Å². The third-order valence-electron chi connectivity index (χ3n) is 8.35. The number of nitrogens with zero attached hydrogens (tertiary/aromatic N) is 5. The van der Waals surface area contributed by atoms with Crippen molar-refractivity contribution in [3.05, 3.63) is 30.0 Å². The molecule has 2 fully saturated rings. The first-order chi connectivity index (χ1) is 18.7. The second-order valence-electron chi connectivity index (χ2n) is 11.9. The third-order valence-corrected chi connectivity index (χ3v) is 8.35. The highest BCUT2D eigenvalue weighted by Crippen LogP contribution is 2.40. The lowest BCUT2D eigenvalue weighted by atomic mass is 9.91. The maximum absolute atomic E-state index is 13.2. The number of nitrogens with one attached hydrogen (secondary N) is 2. The number of aromatic nitrogens is 2. The van der Waals surface area contributed by atoms with Crippen molar-refractivity contribution < 1.29 is 14.3 Å². The molecule has 39 heavy (non-hydrogen) atoms. The summed E-state index contributed by atoms with van der Waals surface area (Å²) in [7, 11) is 5.49. The van der Waals surface area contributed by atoms with E-state index in [4.69, 9.17) is 9.72 Å². The van der Waals surface area contributed by atoms with Crippen molar-refractivity contribution >= 4 is 35.0 Å². The maximum atomic E-state index is 13.2. The molecule has 1 saturated heterocycles. The van der Waals surface area contributed by atoms with Crippen LogP contribution in [0.4, 0.5) is 23.1 Å². The van der Waals surface area contributed by atoms with Crippen molar-refractivity contribution in [1.29, 1.82) is 0 Å². The molecular weight excluding hydrogens is 494 g/mol. The van der Waals surface area contributed by atoms with E-state index in [1.807, 2.05) is 19.9 Å². The number of hydrogen-bond acceptors (Lipinski definition) is 8. The highest BCUT2D eigenvalue weighted by atomic mass is 16.5. The maximum Gasteiger partial charge on any atom is 0.251 e. The van der Waals surface area contributed by atoms with E-state index in [9.17, 15) is 9.59 Å². The lowest BCUT2D eigenvalue weighted by molar-refractivity contribution is -0.125. The molecular formula is C29H41N7O3. The van der Waals surface area contributed by atoms with E-state index >= 15 is 0 Å². The zero-order valence-corrected chi connectivity index (χ0v) is 23.8. The lowest BCUT2D eigenvalue weighted by Gasteiger charge is -2.34. The van der Waals surface area contributed by atoms with E-state index in [-0.39, 0.29) is 11.8 Å². The minimum atomic E-state index is -0.543. The van der Waals surface area contributed by atoms with Gasteiger partial charge in [-0.15, -0.1) is 0 Å². The Morgan fingerprint density at radius 3 is 2.64 bits per heavy atom. The van der Waals surface area contributed by atoms with Crippen molar-refractivity contribution in [2.75, 3.05) is 62.5 Å². The van der Waals surface area contributed by atoms with Crippen molar-refractivity contribution in [3.63, 3.8) is 0 Å². The average molecular weight is 536 g/mol. The van der Waals surface area contributed by atoms with Crippen LogP contribution in [0.25, 0.3) is 0 Å². The van der Waals surface area contributed by atoms with Gasteiger partial charge in [-0.2, -0.15) is 4.98 Å². The van der Waals surface area contributed by atoms with E-state index in [1.54, 1.807) is 37.4 Å². The summed E-state index contributed by atoms with van der Waals surface area (Å²) in [5.41, 5.74) is 1.38. The fourth-order valence-corrected chi connectivity index (χ4v) is 6.11. The second-order valence-corrected chi connectivity index (χ2v) is 11.9. The topological polar surface area (TPSA) is 103 Å². The molecule has 2 aliphatic heterocycles. The van der Waals surface area contributed by atoms with Crippen LogP contribution in [0.3, 0.4) is 0 Å². The lowest BCUT2D eigenvalue weighted by Crippen LogP contribution is -2.45.